The van der Waals surface area contributed by atoms with Gasteiger partial charge in [-0.15, -0.1) is 0 Å². The Morgan fingerprint density at radius 2 is 1.57 bits per heavy atom. The second kappa shape index (κ2) is 12.9. The van der Waals surface area contributed by atoms with Gasteiger partial charge in [0.15, 0.2) is 17.3 Å². The smallest absolute Gasteiger partial charge is 0.416 e. The third-order valence-corrected chi connectivity index (χ3v) is 7.83. The first-order chi connectivity index (χ1) is 21.1. The van der Waals surface area contributed by atoms with Crippen LogP contribution in [0.25, 0.3) is 0 Å². The highest BCUT2D eigenvalue weighted by Gasteiger charge is 2.42. The van der Waals surface area contributed by atoms with Crippen LogP contribution in [0.4, 0.5) is 13.2 Å². The highest BCUT2D eigenvalue weighted by Crippen LogP contribution is 2.47. The lowest BCUT2D eigenvalue weighted by atomic mass is 9.71. The molecule has 230 valence electrons. The molecule has 10 heteroatoms. The van der Waals surface area contributed by atoms with E-state index in [9.17, 15) is 22.8 Å². The summed E-state index contributed by atoms with van der Waals surface area (Å²) in [5.74, 6) is -0.284. The van der Waals surface area contributed by atoms with Gasteiger partial charge >= 0.3 is 12.1 Å². The number of hydrogen-bond donors (Lipinski definition) is 1. The number of allylic oxidation sites excluding steroid dienone is 3. The van der Waals surface area contributed by atoms with Crippen LogP contribution in [0.3, 0.4) is 0 Å². The molecule has 3 aromatic rings. The Balaban J connectivity index is 1.45. The summed E-state index contributed by atoms with van der Waals surface area (Å²) in [7, 11) is 3.08. The van der Waals surface area contributed by atoms with Crippen LogP contribution >= 0.6 is 0 Å². The first-order valence-electron chi connectivity index (χ1n) is 14.1. The molecular formula is C34H32F3NO6. The van der Waals surface area contributed by atoms with E-state index in [1.54, 1.807) is 32.2 Å². The summed E-state index contributed by atoms with van der Waals surface area (Å²) in [6, 6.07) is 19.1. The molecule has 0 saturated carbocycles. The minimum Gasteiger partial charge on any atom is -0.493 e. The number of carbonyl (C=O) groups excluding carboxylic acids is 2. The Morgan fingerprint density at radius 3 is 2.23 bits per heavy atom. The number of ketones is 1. The molecule has 3 aromatic carbocycles. The number of ether oxygens (including phenoxy) is 4. The molecule has 7 nitrogen and oxygen atoms in total. The van der Waals surface area contributed by atoms with Gasteiger partial charge in [-0.1, -0.05) is 36.4 Å². The summed E-state index contributed by atoms with van der Waals surface area (Å²) in [4.78, 5) is 27.4. The Kier molecular flexibility index (Phi) is 8.98. The third kappa shape index (κ3) is 6.44. The summed E-state index contributed by atoms with van der Waals surface area (Å²) < 4.78 is 62.1. The minimum atomic E-state index is -4.53. The van der Waals surface area contributed by atoms with Gasteiger partial charge < -0.3 is 24.3 Å². The Hall–Kier alpha value is -4.73. The van der Waals surface area contributed by atoms with Gasteiger partial charge in [0.2, 0.25) is 0 Å². The Bertz CT molecular complexity index is 1600. The fourth-order valence-electron chi connectivity index (χ4n) is 5.74. The summed E-state index contributed by atoms with van der Waals surface area (Å²) in [6.07, 6.45) is -3.95. The average Bonchev–Trinajstić information content (AvgIpc) is 3.02. The van der Waals surface area contributed by atoms with Gasteiger partial charge in [-0.2, -0.15) is 13.2 Å². The number of halogens is 3. The largest absolute Gasteiger partial charge is 0.493 e. The van der Waals surface area contributed by atoms with E-state index < -0.39 is 23.6 Å². The number of alkyl halides is 3. The van der Waals surface area contributed by atoms with Gasteiger partial charge in [-0.05, 0) is 66.8 Å². The summed E-state index contributed by atoms with van der Waals surface area (Å²) >= 11 is 0. The van der Waals surface area contributed by atoms with Gasteiger partial charge in [-0.25, -0.2) is 4.79 Å². The van der Waals surface area contributed by atoms with E-state index in [-0.39, 0.29) is 36.9 Å². The summed E-state index contributed by atoms with van der Waals surface area (Å²) in [6.45, 7) is 1.73. The molecule has 2 atom stereocenters. The van der Waals surface area contributed by atoms with E-state index in [2.05, 4.69) is 5.32 Å². The molecule has 0 spiro atoms. The molecule has 2 unspecified atom stereocenters. The van der Waals surface area contributed by atoms with Crippen molar-refractivity contribution >= 4 is 11.8 Å². The zero-order chi connectivity index (χ0) is 31.4. The van der Waals surface area contributed by atoms with E-state index in [0.717, 1.165) is 17.7 Å². The number of rotatable bonds is 9. The molecule has 0 amide bonds. The second-order valence-electron chi connectivity index (χ2n) is 10.5. The molecule has 1 aliphatic heterocycles. The standard InChI is InChI=1S/C34H32F3NO6/c1-20-30(33(40)44-16-15-43-25-7-5-4-6-8-25)31(21-9-12-24(13-10-21)34(35,36)37)32-26(38-20)17-23(18-27(32)39)22-11-14-28(41-2)29(19-22)42-3/h4-14,19,23,31,38H,15-18H2,1-3H3. The highest BCUT2D eigenvalue weighted by atomic mass is 19.4. The maximum atomic E-state index is 13.9. The van der Waals surface area contributed by atoms with Gasteiger partial charge in [0, 0.05) is 29.3 Å². The van der Waals surface area contributed by atoms with Crippen LogP contribution in [0.5, 0.6) is 17.2 Å². The van der Waals surface area contributed by atoms with Crippen molar-refractivity contribution in [3.8, 4) is 17.2 Å². The van der Waals surface area contributed by atoms with Crippen molar-refractivity contribution in [2.45, 2.75) is 37.8 Å². The van der Waals surface area contributed by atoms with Crippen molar-refractivity contribution in [2.24, 2.45) is 0 Å². The van der Waals surface area contributed by atoms with Gasteiger partial charge in [0.25, 0.3) is 0 Å². The molecule has 0 saturated heterocycles. The van der Waals surface area contributed by atoms with Crippen molar-refractivity contribution in [3.05, 3.63) is 112 Å². The Labute approximate surface area is 253 Å². The fourth-order valence-corrected chi connectivity index (χ4v) is 5.74. The van der Waals surface area contributed by atoms with E-state index >= 15 is 0 Å². The lowest BCUT2D eigenvalue weighted by Crippen LogP contribution is -2.36. The quantitative estimate of drug-likeness (QED) is 0.214. The van der Waals surface area contributed by atoms with Crippen molar-refractivity contribution < 1.29 is 41.7 Å². The van der Waals surface area contributed by atoms with Gasteiger partial charge in [0.1, 0.15) is 19.0 Å². The molecule has 0 fully saturated rings. The van der Waals surface area contributed by atoms with Crippen molar-refractivity contribution in [1.82, 2.24) is 5.32 Å². The van der Waals surface area contributed by atoms with Crippen molar-refractivity contribution in [3.63, 3.8) is 0 Å². The number of dihydropyridines is 1. The lowest BCUT2D eigenvalue weighted by Gasteiger charge is -2.37. The number of para-hydroxylation sites is 1. The number of esters is 1. The molecule has 1 N–H and O–H groups in total. The molecule has 1 aliphatic carbocycles. The van der Waals surface area contributed by atoms with Crippen LogP contribution in [-0.2, 0) is 20.5 Å². The number of nitrogens with one attached hydrogen (secondary N) is 1. The maximum Gasteiger partial charge on any atom is 0.416 e. The lowest BCUT2D eigenvalue weighted by molar-refractivity contribution is -0.140. The third-order valence-electron chi connectivity index (χ3n) is 7.83. The topological polar surface area (TPSA) is 83.1 Å². The first kappa shape index (κ1) is 30.7. The predicted molar refractivity (Wildman–Crippen MR) is 156 cm³/mol. The zero-order valence-electron chi connectivity index (χ0n) is 24.5. The zero-order valence-corrected chi connectivity index (χ0v) is 24.5. The summed E-state index contributed by atoms with van der Waals surface area (Å²) in [5.41, 5.74) is 2.03. The van der Waals surface area contributed by atoms with E-state index in [4.69, 9.17) is 18.9 Å². The first-order valence-corrected chi connectivity index (χ1v) is 14.1. The minimum absolute atomic E-state index is 0.0640. The Morgan fingerprint density at radius 1 is 0.886 bits per heavy atom. The average molecular weight is 608 g/mol. The predicted octanol–water partition coefficient (Wildman–Crippen LogP) is 6.71. The number of methoxy groups -OCH3 is 2. The van der Waals surface area contributed by atoms with Crippen LogP contribution in [0.2, 0.25) is 0 Å². The van der Waals surface area contributed by atoms with Gasteiger partial charge in [0.05, 0.1) is 25.4 Å². The number of hydrogen-bond acceptors (Lipinski definition) is 7. The van der Waals surface area contributed by atoms with E-state index in [0.29, 0.717) is 46.2 Å². The van der Waals surface area contributed by atoms with E-state index in [1.165, 1.54) is 19.2 Å². The van der Waals surface area contributed by atoms with E-state index in [1.807, 2.05) is 30.3 Å². The molecule has 2 aliphatic rings. The monoisotopic (exact) mass is 607 g/mol. The number of Topliss-reactive ketones (excluding diaryl/α,β-unsaturated/α-hetero) is 1. The van der Waals surface area contributed by atoms with Gasteiger partial charge in [-0.3, -0.25) is 4.79 Å². The van der Waals surface area contributed by atoms with Crippen molar-refractivity contribution in [2.75, 3.05) is 27.4 Å². The van der Waals surface area contributed by atoms with Crippen LogP contribution in [0.1, 0.15) is 48.3 Å². The normalized spacial score (nSPS) is 18.4. The van der Waals surface area contributed by atoms with Crippen LogP contribution in [0.15, 0.2) is 95.3 Å². The van der Waals surface area contributed by atoms with Crippen molar-refractivity contribution in [1.29, 1.82) is 0 Å². The number of benzene rings is 3. The molecule has 0 aromatic heterocycles. The molecular weight excluding hydrogens is 575 g/mol. The highest BCUT2D eigenvalue weighted by molar-refractivity contribution is 6.04. The van der Waals surface area contributed by atoms with Crippen LogP contribution < -0.4 is 19.5 Å². The summed E-state index contributed by atoms with van der Waals surface area (Å²) in [5, 5.41) is 3.25. The van der Waals surface area contributed by atoms with Crippen LogP contribution in [0, 0.1) is 0 Å². The molecule has 0 radical (unpaired) electrons. The molecule has 1 heterocycles. The number of carbonyl (C=O) groups is 2. The SMILES string of the molecule is COc1ccc(C2CC(=O)C3=C(C2)NC(C)=C(C(=O)OCCOc2ccccc2)C3c2ccc(C(F)(F)F)cc2)cc1OC. The fraction of sp³-hybridized carbons (Fsp3) is 0.294. The molecule has 44 heavy (non-hydrogen) atoms. The second-order valence-corrected chi connectivity index (χ2v) is 10.5. The molecule has 0 bridgehead atoms. The van der Waals surface area contributed by atoms with Crippen LogP contribution in [-0.4, -0.2) is 39.2 Å². The maximum absolute atomic E-state index is 13.9. The molecule has 5 rings (SSSR count).